The van der Waals surface area contributed by atoms with Gasteiger partial charge in [-0.25, -0.2) is 0 Å². The van der Waals surface area contributed by atoms with Gasteiger partial charge < -0.3 is 0 Å². The van der Waals surface area contributed by atoms with E-state index in [1.54, 1.807) is 16.2 Å². The van der Waals surface area contributed by atoms with Gasteiger partial charge in [-0.05, 0) is 49.4 Å². The normalized spacial score (nSPS) is 16.3. The average Bonchev–Trinajstić information content (AvgIpc) is 3.01. The maximum Gasteiger partial charge on any atom is 0.0931 e. The highest BCUT2D eigenvalue weighted by Gasteiger charge is 2.19. The highest BCUT2D eigenvalue weighted by molar-refractivity contribution is 7.16. The van der Waals surface area contributed by atoms with Gasteiger partial charge in [0.15, 0.2) is 0 Å². The first-order chi connectivity index (χ1) is 9.26. The molecule has 0 aromatic carbocycles. The Balaban J connectivity index is 1.79. The number of aryl methyl sites for hydroxylation is 2. The first-order valence-corrected chi connectivity index (χ1v) is 8.59. The summed E-state index contributed by atoms with van der Waals surface area (Å²) in [7, 11) is 0. The molecule has 0 saturated carbocycles. The van der Waals surface area contributed by atoms with Crippen LogP contribution in [0.1, 0.15) is 39.1 Å². The van der Waals surface area contributed by atoms with Crippen LogP contribution in [0, 0.1) is 0 Å². The molecule has 1 aliphatic rings. The Morgan fingerprint density at radius 3 is 2.79 bits per heavy atom. The maximum absolute atomic E-state index is 5.99. The summed E-state index contributed by atoms with van der Waals surface area (Å²) in [5, 5.41) is 0. The maximum atomic E-state index is 5.99. The Bertz CT molecular complexity index is 538. The van der Waals surface area contributed by atoms with E-state index < -0.39 is 0 Å². The molecule has 19 heavy (non-hydrogen) atoms. The molecule has 2 aromatic rings. The van der Waals surface area contributed by atoms with Crippen LogP contribution in [0.3, 0.4) is 0 Å². The summed E-state index contributed by atoms with van der Waals surface area (Å²) in [4.78, 5) is 4.20. The lowest BCUT2D eigenvalue weighted by atomic mass is 9.98. The summed E-state index contributed by atoms with van der Waals surface area (Å²) in [5.74, 6) is 5.75. The van der Waals surface area contributed by atoms with E-state index in [1.807, 2.05) is 17.4 Å². The Hall–Kier alpha value is -0.390. The fourth-order valence-electron chi connectivity index (χ4n) is 2.59. The summed E-state index contributed by atoms with van der Waals surface area (Å²) < 4.78 is 0.844. The molecule has 102 valence electrons. The van der Waals surface area contributed by atoms with Crippen molar-refractivity contribution in [3.05, 3.63) is 42.7 Å². The third kappa shape index (κ3) is 3.03. The number of halogens is 1. The average molecular weight is 313 g/mol. The molecule has 2 heterocycles. The predicted octanol–water partition coefficient (Wildman–Crippen LogP) is 4.09. The fraction of sp³-hybridized carbons (Fsp3) is 0.429. The summed E-state index contributed by atoms with van der Waals surface area (Å²) in [6.45, 7) is 0. The molecule has 1 atom stereocenters. The van der Waals surface area contributed by atoms with Gasteiger partial charge in [-0.15, -0.1) is 22.7 Å². The zero-order valence-corrected chi connectivity index (χ0v) is 13.0. The van der Waals surface area contributed by atoms with E-state index in [1.165, 1.54) is 41.0 Å². The number of nitrogens with one attached hydrogen (secondary N) is 1. The van der Waals surface area contributed by atoms with E-state index in [4.69, 9.17) is 17.4 Å². The second kappa shape index (κ2) is 5.94. The van der Waals surface area contributed by atoms with Gasteiger partial charge in [-0.3, -0.25) is 11.3 Å². The van der Waals surface area contributed by atoms with Crippen molar-refractivity contribution < 1.29 is 0 Å². The molecule has 0 aliphatic heterocycles. The van der Waals surface area contributed by atoms with Crippen LogP contribution in [0.2, 0.25) is 4.34 Å². The Kier molecular flexibility index (Phi) is 4.24. The van der Waals surface area contributed by atoms with Crippen molar-refractivity contribution in [1.29, 1.82) is 0 Å². The van der Waals surface area contributed by atoms with Crippen molar-refractivity contribution in [2.45, 2.75) is 38.1 Å². The number of hydrogen-bond donors (Lipinski definition) is 2. The Morgan fingerprint density at radius 2 is 2.11 bits per heavy atom. The second-order valence-corrected chi connectivity index (χ2v) is 7.90. The minimum absolute atomic E-state index is 0.199. The molecule has 0 fully saturated rings. The Morgan fingerprint density at radius 1 is 1.26 bits per heavy atom. The zero-order chi connectivity index (χ0) is 13.2. The van der Waals surface area contributed by atoms with Crippen LogP contribution < -0.4 is 11.3 Å². The number of hydrogen-bond acceptors (Lipinski definition) is 4. The van der Waals surface area contributed by atoms with Gasteiger partial charge in [0.25, 0.3) is 0 Å². The first-order valence-electron chi connectivity index (χ1n) is 6.58. The topological polar surface area (TPSA) is 38.0 Å². The largest absolute Gasteiger partial charge is 0.271 e. The van der Waals surface area contributed by atoms with Crippen molar-refractivity contribution in [3.63, 3.8) is 0 Å². The fourth-order valence-corrected chi connectivity index (χ4v) is 5.04. The van der Waals surface area contributed by atoms with E-state index in [2.05, 4.69) is 17.6 Å². The monoisotopic (exact) mass is 312 g/mol. The van der Waals surface area contributed by atoms with Crippen LogP contribution in [0.15, 0.2) is 18.2 Å². The molecule has 0 bridgehead atoms. The number of fused-ring (bicyclic) bond motifs is 1. The number of thiophene rings is 2. The summed E-state index contributed by atoms with van der Waals surface area (Å²) in [5.41, 5.74) is 4.50. The van der Waals surface area contributed by atoms with Crippen LogP contribution in [0.5, 0.6) is 0 Å². The molecular weight excluding hydrogens is 296 g/mol. The minimum atomic E-state index is 0.199. The Labute approximate surface area is 126 Å². The van der Waals surface area contributed by atoms with Crippen molar-refractivity contribution in [2.24, 2.45) is 5.84 Å². The summed E-state index contributed by atoms with van der Waals surface area (Å²) >= 11 is 9.54. The smallest absolute Gasteiger partial charge is 0.0931 e. The molecular formula is C14H17ClN2S2. The SMILES string of the molecule is NNC(Cc1ccc(Cl)s1)c1cc2c(s1)CCCC2. The highest BCUT2D eigenvalue weighted by atomic mass is 35.5. The minimum Gasteiger partial charge on any atom is -0.271 e. The highest BCUT2D eigenvalue weighted by Crippen LogP contribution is 2.35. The van der Waals surface area contributed by atoms with Gasteiger partial charge in [0.05, 0.1) is 10.4 Å². The molecule has 3 rings (SSSR count). The predicted molar refractivity (Wildman–Crippen MR) is 84.1 cm³/mol. The van der Waals surface area contributed by atoms with E-state index in [0.29, 0.717) is 0 Å². The van der Waals surface area contributed by atoms with Crippen LogP contribution in [0.25, 0.3) is 0 Å². The third-order valence-electron chi connectivity index (χ3n) is 3.59. The van der Waals surface area contributed by atoms with Crippen molar-refractivity contribution in [3.8, 4) is 0 Å². The van der Waals surface area contributed by atoms with Crippen molar-refractivity contribution >= 4 is 34.3 Å². The van der Waals surface area contributed by atoms with E-state index in [0.717, 1.165) is 10.8 Å². The van der Waals surface area contributed by atoms with Gasteiger partial charge in [-0.2, -0.15) is 0 Å². The quantitative estimate of drug-likeness (QED) is 0.659. The molecule has 1 unspecified atom stereocenters. The third-order valence-corrected chi connectivity index (χ3v) is 6.20. The van der Waals surface area contributed by atoms with Crippen molar-refractivity contribution in [1.82, 2.24) is 5.43 Å². The molecule has 3 N–H and O–H groups in total. The molecule has 1 aliphatic carbocycles. The van der Waals surface area contributed by atoms with Crippen LogP contribution in [-0.4, -0.2) is 0 Å². The van der Waals surface area contributed by atoms with Gasteiger partial charge in [-0.1, -0.05) is 11.6 Å². The van der Waals surface area contributed by atoms with Crippen LogP contribution in [-0.2, 0) is 19.3 Å². The number of rotatable bonds is 4. The lowest BCUT2D eigenvalue weighted by molar-refractivity contribution is 0.564. The van der Waals surface area contributed by atoms with Crippen LogP contribution in [0.4, 0.5) is 0 Å². The molecule has 0 spiro atoms. The van der Waals surface area contributed by atoms with Crippen LogP contribution >= 0.6 is 34.3 Å². The molecule has 5 heteroatoms. The van der Waals surface area contributed by atoms with Crippen molar-refractivity contribution in [2.75, 3.05) is 0 Å². The lowest BCUT2D eigenvalue weighted by Crippen LogP contribution is -2.28. The number of nitrogens with two attached hydrogens (primary N) is 1. The lowest BCUT2D eigenvalue weighted by Gasteiger charge is -2.12. The van der Waals surface area contributed by atoms with E-state index >= 15 is 0 Å². The van der Waals surface area contributed by atoms with E-state index in [9.17, 15) is 0 Å². The summed E-state index contributed by atoms with van der Waals surface area (Å²) in [6, 6.07) is 6.59. The molecule has 2 nitrogen and oxygen atoms in total. The molecule has 0 amide bonds. The zero-order valence-electron chi connectivity index (χ0n) is 10.6. The number of hydrazine groups is 1. The second-order valence-electron chi connectivity index (χ2n) is 4.93. The molecule has 0 radical (unpaired) electrons. The van der Waals surface area contributed by atoms with E-state index in [-0.39, 0.29) is 6.04 Å². The molecule has 0 saturated heterocycles. The van der Waals surface area contributed by atoms with Gasteiger partial charge in [0.2, 0.25) is 0 Å². The van der Waals surface area contributed by atoms with Gasteiger partial charge >= 0.3 is 0 Å². The van der Waals surface area contributed by atoms with Gasteiger partial charge in [0, 0.05) is 21.1 Å². The first kappa shape index (κ1) is 13.6. The summed E-state index contributed by atoms with van der Waals surface area (Å²) in [6.07, 6.45) is 6.03. The standard InChI is InChI=1S/C14H17ClN2S2/c15-14-6-5-10(18-14)8-11(17-16)13-7-9-3-1-2-4-12(9)19-13/h5-7,11,17H,1-4,8,16H2. The van der Waals surface area contributed by atoms with Gasteiger partial charge in [0.1, 0.15) is 0 Å². The molecule has 2 aromatic heterocycles.